The molecule has 0 aliphatic carbocycles. The molecule has 2 aromatic heterocycles. The number of carboxylic acids is 1. The summed E-state index contributed by atoms with van der Waals surface area (Å²) in [5, 5.41) is 34.9. The number of fused-ring (bicyclic) bond motifs is 2. The molecule has 3 aliphatic rings. The number of carboxylic acid groups (broad SMARTS) is 1. The summed E-state index contributed by atoms with van der Waals surface area (Å²) in [5.41, 5.74) is 17.1. The number of aromatic nitrogens is 4. The van der Waals surface area contributed by atoms with Crippen LogP contribution in [0.25, 0.3) is 21.8 Å². The third-order valence-corrected chi connectivity index (χ3v) is 18.5. The monoisotopic (exact) mass is 1790 g/mol. The number of benzene rings is 5. The van der Waals surface area contributed by atoms with E-state index in [0.29, 0.717) is 78.4 Å². The standard InChI is InChI=1S/C29H34ClFN6O5.C19H27ClFN3O3.C10H9Cl2FO.C10H9N3O3.C10H20N2O2.CH2O3.2K.H/c1-29(2,3)42-28(41)35-13-11-19(12-14-35)36(16-23(38)33-15-18-7-6-9-21(30)25(18)31)24(39)17-37-22-10-5-4-8-20(22)26(34-37)27(32)40;1-19(2,3)27-18(26)24-9-7-14(8-10-24)22-12-16(25)23-11-13-5-4-6-15(20)17(13)21;11-6-8(14)5-4-7-2-1-3-9(12)10(7)13;11-10(16)9-6-3-1-2-4-7(6)13(12-9)5-8(14)15;1-10(2,3)14-9(13)12-6-4-8(11)5-7-12;2-1-4-3;;;/h4-10,19H,11-17H2,1-3H3,(H2,32,40)(H,33,38);4-6,14,22H,7-12H2,1-3H3,(H,23,25);1-3H,4-6H2;1-4H,5H2,(H2,11,16)(H,14,15);8H,4-7,11H2,1-3H3;1,3H;;;/q;;;;;;2*+1;-1/p-1. The maximum atomic E-state index is 14.3. The first-order valence-electron chi connectivity index (χ1n) is 37.1. The molecule has 119 heavy (non-hydrogen) atoms. The zero-order valence-electron chi connectivity index (χ0n) is 69.4. The molecule has 5 aromatic carbocycles. The van der Waals surface area contributed by atoms with Crippen LogP contribution in [0.1, 0.15) is 146 Å². The third-order valence-electron chi connectivity index (χ3n) is 17.3. The Morgan fingerprint density at radius 3 is 1.33 bits per heavy atom. The molecule has 10 N–H and O–H groups in total. The number of aliphatic carboxylic acids is 1. The molecule has 7 aromatic rings. The molecule has 3 fully saturated rings. The number of halogens is 7. The Hall–Kier alpha value is -7.09. The molecule has 0 saturated carbocycles. The molecule has 5 heterocycles. The summed E-state index contributed by atoms with van der Waals surface area (Å²) in [6.45, 7) is 18.8. The summed E-state index contributed by atoms with van der Waals surface area (Å²) >= 11 is 22.5. The van der Waals surface area contributed by atoms with E-state index in [0.717, 1.165) is 38.8 Å². The number of Topliss-reactive ketones (excluding diaryl/α,β-unsaturated/α-hetero) is 1. The normalized spacial score (nSPS) is 13.6. The Balaban J connectivity index is 0.000000537. The molecular formula is C79H101Cl4F3K2N14O17. The maximum Gasteiger partial charge on any atom is 1.00 e. The number of amides is 8. The first-order chi connectivity index (χ1) is 55.0. The number of nitrogens with zero attached hydrogens (tertiary/aromatic N) is 8. The summed E-state index contributed by atoms with van der Waals surface area (Å²) < 4.78 is 60.1. The fourth-order valence-corrected chi connectivity index (χ4v) is 12.4. The zero-order valence-corrected chi connectivity index (χ0v) is 77.7. The number of carbonyl (C=O) groups excluding carboxylic acids is 10. The fraction of sp³-hybridized carbons (Fsp3) is 0.456. The molecule has 40 heteroatoms. The molecule has 0 atom stereocenters. The minimum absolute atomic E-state index is 0. The van der Waals surface area contributed by atoms with Crippen LogP contribution in [0.4, 0.5) is 27.6 Å². The number of piperidine rings is 3. The first-order valence-corrected chi connectivity index (χ1v) is 38.8. The molecule has 0 spiro atoms. The minimum Gasteiger partial charge on any atom is -1.00 e. The van der Waals surface area contributed by atoms with Crippen molar-refractivity contribution < 1.29 is 200 Å². The number of likely N-dealkylation sites (tertiary alicyclic amines) is 3. The van der Waals surface area contributed by atoms with Gasteiger partial charge in [-0.25, -0.2) is 27.6 Å². The van der Waals surface area contributed by atoms with Gasteiger partial charge in [-0.2, -0.15) is 10.2 Å². The molecule has 0 unspecified atom stereocenters. The molecule has 3 saturated heterocycles. The largest absolute Gasteiger partial charge is 1.00 e. The Morgan fingerprint density at radius 2 is 0.941 bits per heavy atom. The summed E-state index contributed by atoms with van der Waals surface area (Å²) in [5.74, 6) is -5.26. The minimum atomic E-state index is -1.02. The number of hydrogen-bond donors (Lipinski definition) is 7. The quantitative estimate of drug-likeness (QED) is 0.0134. The molecular weight excluding hydrogens is 1690 g/mol. The molecule has 640 valence electrons. The van der Waals surface area contributed by atoms with Crippen molar-refractivity contribution in [3.63, 3.8) is 0 Å². The second kappa shape index (κ2) is 51.7. The van der Waals surface area contributed by atoms with Crippen molar-refractivity contribution in [2.45, 2.75) is 175 Å². The Bertz CT molecular complexity index is 4580. The van der Waals surface area contributed by atoms with Crippen LogP contribution in [0, 0.1) is 17.5 Å². The van der Waals surface area contributed by atoms with Crippen molar-refractivity contribution >= 4 is 134 Å². The number of carbonyl (C=O) groups is 11. The van der Waals surface area contributed by atoms with Gasteiger partial charge >= 0.3 is 127 Å². The number of alkyl halides is 1. The van der Waals surface area contributed by atoms with Crippen molar-refractivity contribution in [2.75, 3.05) is 58.2 Å². The van der Waals surface area contributed by atoms with Crippen LogP contribution in [-0.4, -0.2) is 203 Å². The van der Waals surface area contributed by atoms with E-state index in [1.807, 2.05) is 41.5 Å². The van der Waals surface area contributed by atoms with Crippen molar-refractivity contribution in [3.8, 4) is 0 Å². The fourth-order valence-electron chi connectivity index (χ4n) is 11.7. The van der Waals surface area contributed by atoms with Crippen LogP contribution in [0.15, 0.2) is 103 Å². The van der Waals surface area contributed by atoms with E-state index in [4.69, 9.17) is 93.0 Å². The second-order valence-corrected chi connectivity index (χ2v) is 31.4. The zero-order chi connectivity index (χ0) is 87.1. The van der Waals surface area contributed by atoms with E-state index in [2.05, 4.69) is 31.0 Å². The van der Waals surface area contributed by atoms with E-state index in [-0.39, 0.29) is 236 Å². The Kier molecular flexibility index (Phi) is 46.1. The van der Waals surface area contributed by atoms with Gasteiger partial charge in [0.25, 0.3) is 18.3 Å². The molecule has 3 aliphatic heterocycles. The first kappa shape index (κ1) is 106. The summed E-state index contributed by atoms with van der Waals surface area (Å²) in [6, 6.07) is 27.7. The van der Waals surface area contributed by atoms with Gasteiger partial charge < -0.3 is 83.6 Å². The summed E-state index contributed by atoms with van der Waals surface area (Å²) in [6.07, 6.45) is 3.69. The molecule has 10 rings (SSSR count). The van der Waals surface area contributed by atoms with E-state index in [1.54, 1.807) is 114 Å². The van der Waals surface area contributed by atoms with Gasteiger partial charge in [-0.3, -0.25) is 47.7 Å². The van der Waals surface area contributed by atoms with Crippen LogP contribution >= 0.6 is 46.4 Å². The second-order valence-electron chi connectivity index (χ2n) is 29.9. The Labute approximate surface area is 794 Å². The smallest absolute Gasteiger partial charge is 1.00 e. The van der Waals surface area contributed by atoms with Gasteiger partial charge in [-0.05, 0) is 143 Å². The van der Waals surface area contributed by atoms with Gasteiger partial charge in [0.15, 0.2) is 11.4 Å². The molecule has 8 amide bonds. The number of nitrogens with two attached hydrogens (primary N) is 3. The number of ketones is 1. The predicted molar refractivity (Wildman–Crippen MR) is 431 cm³/mol. The van der Waals surface area contributed by atoms with Crippen LogP contribution in [0.3, 0.4) is 0 Å². The molecule has 0 bridgehead atoms. The van der Waals surface area contributed by atoms with Crippen LogP contribution in [0.2, 0.25) is 15.1 Å². The predicted octanol–water partition coefficient (Wildman–Crippen LogP) is 3.90. The number of nitrogens with one attached hydrogen (secondary N) is 3. The van der Waals surface area contributed by atoms with Gasteiger partial charge in [0.05, 0.1) is 45.1 Å². The van der Waals surface area contributed by atoms with Crippen molar-refractivity contribution in [1.82, 2.24) is 55.1 Å². The third kappa shape index (κ3) is 36.9. The van der Waals surface area contributed by atoms with E-state index in [9.17, 15) is 61.1 Å². The van der Waals surface area contributed by atoms with Gasteiger partial charge in [0.2, 0.25) is 17.7 Å². The maximum absolute atomic E-state index is 14.3. The number of hydrogen-bond acceptors (Lipinski definition) is 20. The van der Waals surface area contributed by atoms with E-state index < -0.39 is 69.9 Å². The van der Waals surface area contributed by atoms with Gasteiger partial charge in [0.1, 0.15) is 53.1 Å². The van der Waals surface area contributed by atoms with Crippen molar-refractivity contribution in [3.05, 3.63) is 164 Å². The van der Waals surface area contributed by atoms with E-state index >= 15 is 0 Å². The Morgan fingerprint density at radius 1 is 0.571 bits per heavy atom. The average molecular weight is 1800 g/mol. The van der Waals surface area contributed by atoms with Crippen LogP contribution < -0.4 is 141 Å². The van der Waals surface area contributed by atoms with E-state index in [1.165, 1.54) is 38.5 Å². The summed E-state index contributed by atoms with van der Waals surface area (Å²) in [4.78, 5) is 137. The van der Waals surface area contributed by atoms with Gasteiger partial charge in [-0.1, -0.05) is 108 Å². The topological polar surface area (TPSA) is 431 Å². The number of ether oxygens (including phenoxy) is 3. The number of primary amides is 2. The SMILES string of the molecule is CC(C)(C)OC(=O)N1CCC(N(CC(=O)NCc2cccc(Cl)c2F)C(=O)Cn2nc(C(N)=O)c3ccccc32)CC1.CC(C)(C)OC(=O)N1CCC(N)CC1.CC(C)(C)OC(=O)N1CCC(NCC(=O)NCc2cccc(Cl)c2F)CC1.NC(=O)c1nn(CC(=O)O)c2ccccc12.O=C(CCl)CCc1cccc(Cl)c1F.O=CO[O-].[H-].[K+].[K+]. The number of para-hydroxylation sites is 2. The van der Waals surface area contributed by atoms with Gasteiger partial charge in [-0.15, -0.1) is 11.6 Å². The average Bonchev–Trinajstić information content (AvgIpc) is 1.65. The molecule has 31 nitrogen and oxygen atoms in total. The van der Waals surface area contributed by atoms with Crippen molar-refractivity contribution in [1.29, 1.82) is 0 Å². The van der Waals surface area contributed by atoms with Gasteiger partial charge in [0, 0.05) is 98.8 Å². The van der Waals surface area contributed by atoms with Crippen molar-refractivity contribution in [2.24, 2.45) is 17.2 Å². The summed E-state index contributed by atoms with van der Waals surface area (Å²) in [7, 11) is 0. The van der Waals surface area contributed by atoms with Crippen LogP contribution in [-0.2, 0) is 80.5 Å². The number of rotatable bonds is 21. The number of aryl methyl sites for hydroxylation is 1. The van der Waals surface area contributed by atoms with Crippen LogP contribution in [0.5, 0.6) is 0 Å². The molecule has 0 radical (unpaired) electrons.